The lowest BCUT2D eigenvalue weighted by Crippen LogP contribution is -2.18. The van der Waals surface area contributed by atoms with Gasteiger partial charge in [0.05, 0.1) is 12.0 Å². The monoisotopic (exact) mass is 453 g/mol. The van der Waals surface area contributed by atoms with E-state index in [2.05, 4.69) is 35.2 Å². The number of carbonyl (C=O) groups is 1. The van der Waals surface area contributed by atoms with Crippen LogP contribution in [-0.4, -0.2) is 28.9 Å². The molecule has 170 valence electrons. The highest BCUT2D eigenvalue weighted by Gasteiger charge is 2.18. The number of ketones is 1. The Balaban J connectivity index is 1.96. The molecule has 0 aliphatic carbocycles. The molecule has 0 radical (unpaired) electrons. The maximum atomic E-state index is 13.3. The molecule has 0 aliphatic heterocycles. The van der Waals surface area contributed by atoms with Crippen LogP contribution < -0.4 is 15.6 Å². The Labute approximate surface area is 193 Å². The van der Waals surface area contributed by atoms with Crippen LogP contribution in [0.3, 0.4) is 0 Å². The molecule has 3 aromatic rings. The number of thiazole rings is 1. The number of Topliss-reactive ketones (excluding diaryl/α,β-unsaturated/α-hetero) is 1. The van der Waals surface area contributed by atoms with E-state index in [-0.39, 0.29) is 23.8 Å². The van der Waals surface area contributed by atoms with E-state index in [9.17, 15) is 9.59 Å². The molecule has 7 heteroatoms. The first-order valence-electron chi connectivity index (χ1n) is 10.9. The molecule has 2 N–H and O–H groups in total. The summed E-state index contributed by atoms with van der Waals surface area (Å²) in [5.41, 5.74) is 5.76. The summed E-state index contributed by atoms with van der Waals surface area (Å²) in [7, 11) is 1.59. The number of nitrogens with one attached hydrogen (secondary N) is 2. The maximum Gasteiger partial charge on any atom is 0.273 e. The molecule has 32 heavy (non-hydrogen) atoms. The molecule has 2 aromatic heterocycles. The number of carbonyl (C=O) groups excluding carboxylic acids is 1. The van der Waals surface area contributed by atoms with Crippen molar-refractivity contribution in [1.82, 2.24) is 9.97 Å². The van der Waals surface area contributed by atoms with Crippen molar-refractivity contribution >= 4 is 22.8 Å². The summed E-state index contributed by atoms with van der Waals surface area (Å²) in [6, 6.07) is 6.22. The first-order chi connectivity index (χ1) is 15.2. The maximum absolute atomic E-state index is 13.3. The topological polar surface area (TPSA) is 84.1 Å². The van der Waals surface area contributed by atoms with Crippen molar-refractivity contribution in [2.45, 2.75) is 59.9 Å². The van der Waals surface area contributed by atoms with Gasteiger partial charge in [-0.25, -0.2) is 4.98 Å². The third kappa shape index (κ3) is 5.27. The molecular formula is C25H31N3O3S. The van der Waals surface area contributed by atoms with Gasteiger partial charge in [0.15, 0.2) is 5.78 Å². The molecule has 1 atom stereocenters. The Morgan fingerprint density at radius 3 is 2.62 bits per heavy atom. The number of aryl methyl sites for hydroxylation is 2. The predicted octanol–water partition coefficient (Wildman–Crippen LogP) is 5.46. The molecule has 0 bridgehead atoms. The minimum absolute atomic E-state index is 0.0207. The van der Waals surface area contributed by atoms with Gasteiger partial charge in [0.1, 0.15) is 0 Å². The molecule has 0 fully saturated rings. The van der Waals surface area contributed by atoms with E-state index < -0.39 is 0 Å². The van der Waals surface area contributed by atoms with Crippen LogP contribution in [0.4, 0.5) is 5.69 Å². The van der Waals surface area contributed by atoms with Crippen LogP contribution in [0.1, 0.15) is 59.4 Å². The van der Waals surface area contributed by atoms with Crippen LogP contribution in [0, 0.1) is 20.8 Å². The Morgan fingerprint density at radius 2 is 2.00 bits per heavy atom. The Morgan fingerprint density at radius 1 is 1.25 bits per heavy atom. The number of aromatic amines is 1. The number of nitrogens with zero attached hydrogens (tertiary/aromatic N) is 1. The Bertz CT molecular complexity index is 1180. The van der Waals surface area contributed by atoms with Gasteiger partial charge in [-0.15, -0.1) is 0 Å². The average Bonchev–Trinajstić information content (AvgIpc) is 3.23. The van der Waals surface area contributed by atoms with E-state index >= 15 is 0 Å². The van der Waals surface area contributed by atoms with Crippen LogP contribution in [0.25, 0.3) is 10.4 Å². The van der Waals surface area contributed by atoms with E-state index in [1.807, 2.05) is 32.9 Å². The fraction of sp³-hybridized carbons (Fsp3) is 0.400. The highest BCUT2D eigenvalue weighted by molar-refractivity contribution is 7.16. The molecular weight excluding hydrogens is 422 g/mol. The molecule has 0 spiro atoms. The van der Waals surface area contributed by atoms with E-state index in [0.29, 0.717) is 22.7 Å². The molecule has 1 unspecified atom stereocenters. The van der Waals surface area contributed by atoms with Crippen LogP contribution in [0.5, 0.6) is 5.19 Å². The number of aromatic nitrogens is 2. The minimum Gasteiger partial charge on any atom is -0.473 e. The lowest BCUT2D eigenvalue weighted by Gasteiger charge is -2.19. The number of anilines is 1. The summed E-state index contributed by atoms with van der Waals surface area (Å²) < 4.78 is 5.24. The van der Waals surface area contributed by atoms with Gasteiger partial charge < -0.3 is 15.0 Å². The molecule has 2 heterocycles. The van der Waals surface area contributed by atoms with E-state index in [4.69, 9.17) is 4.74 Å². The zero-order chi connectivity index (χ0) is 23.4. The number of rotatable bonds is 9. The summed E-state index contributed by atoms with van der Waals surface area (Å²) in [5, 5.41) is 4.11. The van der Waals surface area contributed by atoms with Gasteiger partial charge in [-0.1, -0.05) is 18.3 Å². The number of benzene rings is 1. The van der Waals surface area contributed by atoms with Gasteiger partial charge in [-0.2, -0.15) is 0 Å². The average molecular weight is 454 g/mol. The van der Waals surface area contributed by atoms with Crippen LogP contribution in [-0.2, 0) is 6.42 Å². The molecule has 1 aromatic carbocycles. The Kier molecular flexibility index (Phi) is 7.51. The molecule has 0 saturated heterocycles. The fourth-order valence-electron chi connectivity index (χ4n) is 3.71. The number of ether oxygens (including phenoxy) is 1. The summed E-state index contributed by atoms with van der Waals surface area (Å²) in [6.45, 7) is 9.99. The van der Waals surface area contributed by atoms with E-state index in [0.717, 1.165) is 39.4 Å². The summed E-state index contributed by atoms with van der Waals surface area (Å²) in [6.07, 6.45) is 3.42. The lowest BCUT2D eigenvalue weighted by molar-refractivity contribution is 0.0982. The molecule has 0 saturated carbocycles. The Hall–Kier alpha value is -2.93. The van der Waals surface area contributed by atoms with Gasteiger partial charge >= 0.3 is 0 Å². The number of pyridine rings is 1. The predicted molar refractivity (Wildman–Crippen MR) is 131 cm³/mol. The second kappa shape index (κ2) is 10.1. The fourth-order valence-corrected chi connectivity index (χ4v) is 4.43. The van der Waals surface area contributed by atoms with Crippen molar-refractivity contribution < 1.29 is 9.53 Å². The van der Waals surface area contributed by atoms with Crippen molar-refractivity contribution in [1.29, 1.82) is 0 Å². The van der Waals surface area contributed by atoms with Crippen molar-refractivity contribution in [2.24, 2.45) is 0 Å². The van der Waals surface area contributed by atoms with Gasteiger partial charge in [0.25, 0.3) is 10.8 Å². The minimum atomic E-state index is -0.114. The molecule has 6 nitrogen and oxygen atoms in total. The van der Waals surface area contributed by atoms with Crippen molar-refractivity contribution in [3.63, 3.8) is 0 Å². The van der Waals surface area contributed by atoms with Gasteiger partial charge in [-0.05, 0) is 75.4 Å². The second-order valence-electron chi connectivity index (χ2n) is 8.21. The summed E-state index contributed by atoms with van der Waals surface area (Å²) >= 11 is 1.44. The van der Waals surface area contributed by atoms with Crippen LogP contribution in [0.2, 0.25) is 0 Å². The highest BCUT2D eigenvalue weighted by atomic mass is 32.1. The standard InChI is InChI=1S/C25H31N3O3S/c1-7-15(3)27-21-12-18(23-13-26-25(31-6)32-23)11-20(17(21)5)22(29)9-8-19-14(2)10-16(4)28-24(19)30/h10-13,15,27H,7-9H2,1-6H3,(H,28,30). The first kappa shape index (κ1) is 23.7. The summed E-state index contributed by atoms with van der Waals surface area (Å²) in [5.74, 6) is 0.0207. The quantitative estimate of drug-likeness (QED) is 0.420. The van der Waals surface area contributed by atoms with Crippen molar-refractivity contribution in [3.05, 3.63) is 62.7 Å². The smallest absolute Gasteiger partial charge is 0.273 e. The van der Waals surface area contributed by atoms with Crippen molar-refractivity contribution in [3.8, 4) is 15.6 Å². The lowest BCUT2D eigenvalue weighted by atomic mass is 9.94. The SMILES string of the molecule is CCC(C)Nc1cc(-c2cnc(OC)s2)cc(C(=O)CCc2c(C)cc(C)[nH]c2=O)c1C. The zero-order valence-corrected chi connectivity index (χ0v) is 20.4. The molecule has 0 amide bonds. The van der Waals surface area contributed by atoms with Crippen LogP contribution in [0.15, 0.2) is 29.2 Å². The van der Waals surface area contributed by atoms with Crippen LogP contribution >= 0.6 is 11.3 Å². The third-order valence-corrected chi connectivity index (χ3v) is 6.77. The van der Waals surface area contributed by atoms with Gasteiger partial charge in [0.2, 0.25) is 0 Å². The van der Waals surface area contributed by atoms with Gasteiger partial charge in [0, 0.05) is 41.2 Å². The normalized spacial score (nSPS) is 11.9. The third-order valence-electron chi connectivity index (χ3n) is 5.76. The molecule has 3 rings (SSSR count). The van der Waals surface area contributed by atoms with E-state index in [1.165, 1.54) is 11.3 Å². The number of H-pyrrole nitrogens is 1. The number of hydrogen-bond donors (Lipinski definition) is 2. The number of methoxy groups -OCH3 is 1. The molecule has 0 aliphatic rings. The van der Waals surface area contributed by atoms with Gasteiger partial charge in [-0.3, -0.25) is 9.59 Å². The second-order valence-corrected chi connectivity index (χ2v) is 9.20. The first-order valence-corrected chi connectivity index (χ1v) is 11.7. The number of hydrogen-bond acceptors (Lipinski definition) is 6. The van der Waals surface area contributed by atoms with E-state index in [1.54, 1.807) is 13.3 Å². The summed E-state index contributed by atoms with van der Waals surface area (Å²) in [4.78, 5) is 33.7. The highest BCUT2D eigenvalue weighted by Crippen LogP contribution is 2.35. The largest absolute Gasteiger partial charge is 0.473 e. The zero-order valence-electron chi connectivity index (χ0n) is 19.6. The van der Waals surface area contributed by atoms with Crippen molar-refractivity contribution in [2.75, 3.05) is 12.4 Å².